The molecule has 0 spiro atoms. The van der Waals surface area contributed by atoms with Crippen LogP contribution in [0.15, 0.2) is 52.8 Å². The molecule has 2 aliphatic rings. The first kappa shape index (κ1) is 22.1. The molecule has 1 fully saturated rings. The third kappa shape index (κ3) is 4.16. The highest BCUT2D eigenvalue weighted by molar-refractivity contribution is 6.25. The van der Waals surface area contributed by atoms with Gasteiger partial charge >= 0.3 is 0 Å². The van der Waals surface area contributed by atoms with E-state index in [1.807, 2.05) is 6.92 Å². The molecule has 11 heteroatoms. The fourth-order valence-electron chi connectivity index (χ4n) is 3.73. The van der Waals surface area contributed by atoms with Crippen molar-refractivity contribution in [3.8, 4) is 17.2 Å². The van der Waals surface area contributed by atoms with Gasteiger partial charge in [-0.3, -0.25) is 19.4 Å². The van der Waals surface area contributed by atoms with Crippen molar-refractivity contribution in [2.75, 3.05) is 37.6 Å². The van der Waals surface area contributed by atoms with E-state index in [0.29, 0.717) is 35.2 Å². The van der Waals surface area contributed by atoms with Gasteiger partial charge in [0.05, 0.1) is 26.5 Å². The molecule has 2 heterocycles. The highest BCUT2D eigenvalue weighted by atomic mass is 16.5. The van der Waals surface area contributed by atoms with E-state index in [4.69, 9.17) is 14.2 Å². The topological polar surface area (TPSA) is 122 Å². The maximum atomic E-state index is 13.1. The van der Waals surface area contributed by atoms with E-state index in [1.165, 1.54) is 19.2 Å². The normalized spacial score (nSPS) is 19.0. The van der Waals surface area contributed by atoms with Crippen LogP contribution in [0.4, 0.5) is 11.4 Å². The lowest BCUT2D eigenvalue weighted by atomic mass is 10.1. The average Bonchev–Trinajstić information content (AvgIpc) is 3.33. The monoisotopic (exact) mass is 453 g/mol. The molecule has 172 valence electrons. The minimum Gasteiger partial charge on any atom is -0.494 e. The molecule has 11 nitrogen and oxygen atoms in total. The summed E-state index contributed by atoms with van der Waals surface area (Å²) in [6, 6.07) is 9.60. The van der Waals surface area contributed by atoms with Gasteiger partial charge in [-0.2, -0.15) is 5.11 Å². The molecule has 2 atom stereocenters. The fourth-order valence-corrected chi connectivity index (χ4v) is 3.73. The Morgan fingerprint density at radius 2 is 1.76 bits per heavy atom. The number of hydrogen-bond donors (Lipinski definition) is 1. The van der Waals surface area contributed by atoms with Gasteiger partial charge in [0.2, 0.25) is 5.91 Å². The summed E-state index contributed by atoms with van der Waals surface area (Å²) in [4.78, 5) is 39.6. The van der Waals surface area contributed by atoms with Gasteiger partial charge in [-0.05, 0) is 43.3 Å². The molecule has 0 radical (unpaired) electrons. The zero-order chi connectivity index (χ0) is 23.5. The quantitative estimate of drug-likeness (QED) is 0.607. The van der Waals surface area contributed by atoms with Crippen LogP contribution in [0, 0.1) is 0 Å². The third-order valence-electron chi connectivity index (χ3n) is 5.24. The molecule has 33 heavy (non-hydrogen) atoms. The molecule has 0 unspecified atom stereocenters. The number of carbonyl (C=O) groups is 3. The molecule has 3 amide bonds. The van der Waals surface area contributed by atoms with Crippen LogP contribution < -0.4 is 24.4 Å². The summed E-state index contributed by atoms with van der Waals surface area (Å²) in [5, 5.41) is 11.8. The summed E-state index contributed by atoms with van der Waals surface area (Å²) >= 11 is 0. The molecule has 1 N–H and O–H groups in total. The Labute approximate surface area is 189 Å². The lowest BCUT2D eigenvalue weighted by Gasteiger charge is -2.20. The number of fused-ring (bicyclic) bond motifs is 1. The molecule has 2 aliphatic heterocycles. The van der Waals surface area contributed by atoms with Crippen LogP contribution in [0.1, 0.15) is 6.92 Å². The number of rotatable bonds is 8. The van der Waals surface area contributed by atoms with Crippen molar-refractivity contribution in [2.45, 2.75) is 19.0 Å². The predicted octanol–water partition coefficient (Wildman–Crippen LogP) is 2.03. The van der Waals surface area contributed by atoms with Crippen molar-refractivity contribution >= 4 is 29.1 Å². The number of methoxy groups -OCH3 is 2. The van der Waals surface area contributed by atoms with E-state index in [2.05, 4.69) is 15.7 Å². The molecular formula is C22H23N5O6. The summed E-state index contributed by atoms with van der Waals surface area (Å²) in [6.07, 6.45) is 0. The predicted molar refractivity (Wildman–Crippen MR) is 117 cm³/mol. The molecule has 0 aromatic heterocycles. The summed E-state index contributed by atoms with van der Waals surface area (Å²) in [5.41, 5.74) is 0.892. The van der Waals surface area contributed by atoms with Gasteiger partial charge in [-0.1, -0.05) is 5.22 Å². The van der Waals surface area contributed by atoms with E-state index in [1.54, 1.807) is 42.5 Å². The van der Waals surface area contributed by atoms with Gasteiger partial charge in [0, 0.05) is 11.8 Å². The van der Waals surface area contributed by atoms with Gasteiger partial charge in [-0.25, -0.2) is 4.90 Å². The largest absolute Gasteiger partial charge is 0.494 e. The Morgan fingerprint density at radius 1 is 1.03 bits per heavy atom. The summed E-state index contributed by atoms with van der Waals surface area (Å²) in [7, 11) is 3.01. The number of nitrogens with one attached hydrogen (secondary N) is 1. The highest BCUT2D eigenvalue weighted by Gasteiger charge is 2.55. The van der Waals surface area contributed by atoms with Gasteiger partial charge < -0.3 is 19.5 Å². The minimum absolute atomic E-state index is 0.255. The van der Waals surface area contributed by atoms with Gasteiger partial charge in [-0.15, -0.1) is 0 Å². The molecular weight excluding hydrogens is 430 g/mol. The lowest BCUT2D eigenvalue weighted by Crippen LogP contribution is -2.43. The van der Waals surface area contributed by atoms with Gasteiger partial charge in [0.15, 0.2) is 23.6 Å². The third-order valence-corrected chi connectivity index (χ3v) is 5.24. The van der Waals surface area contributed by atoms with Gasteiger partial charge in [0.25, 0.3) is 11.8 Å². The number of nitrogens with zero attached hydrogens (tertiary/aromatic N) is 4. The molecule has 0 aliphatic carbocycles. The zero-order valence-corrected chi connectivity index (χ0v) is 18.3. The van der Waals surface area contributed by atoms with Crippen molar-refractivity contribution < 1.29 is 28.6 Å². The second kappa shape index (κ2) is 9.15. The maximum Gasteiger partial charge on any atom is 0.263 e. The SMILES string of the molecule is CCOc1ccc(N2C(=O)[C@@H]3[C@@H](N=NN3CC(=O)Nc3ccc(OC)c(OC)c3)C2=O)cc1. The van der Waals surface area contributed by atoms with Gasteiger partial charge in [0.1, 0.15) is 12.3 Å². The van der Waals surface area contributed by atoms with E-state index in [0.717, 1.165) is 4.90 Å². The van der Waals surface area contributed by atoms with Crippen molar-refractivity contribution in [1.29, 1.82) is 0 Å². The van der Waals surface area contributed by atoms with Crippen LogP contribution in [0.25, 0.3) is 0 Å². The molecule has 4 rings (SSSR count). The van der Waals surface area contributed by atoms with E-state index in [-0.39, 0.29) is 6.54 Å². The number of amides is 3. The molecule has 2 aromatic carbocycles. The summed E-state index contributed by atoms with van der Waals surface area (Å²) in [5.74, 6) is 0.212. The minimum atomic E-state index is -0.988. The Kier molecular flexibility index (Phi) is 6.11. The maximum absolute atomic E-state index is 13.1. The summed E-state index contributed by atoms with van der Waals surface area (Å²) < 4.78 is 15.8. The number of benzene rings is 2. The van der Waals surface area contributed by atoms with Crippen molar-refractivity contribution in [3.63, 3.8) is 0 Å². The Bertz CT molecular complexity index is 1100. The highest BCUT2D eigenvalue weighted by Crippen LogP contribution is 2.33. The van der Waals surface area contributed by atoms with Crippen molar-refractivity contribution in [1.82, 2.24) is 5.01 Å². The number of hydrogen-bond acceptors (Lipinski definition) is 9. The standard InChI is InChI=1S/C22H23N5O6/c1-4-33-15-8-6-14(7-9-15)27-21(29)19-20(22(27)30)26(25-24-19)12-18(28)23-13-5-10-16(31-2)17(11-13)32-3/h5-11,19-20H,4,12H2,1-3H3,(H,23,28)/t19-,20+/m1/s1. The number of carbonyl (C=O) groups excluding carboxylic acids is 3. The van der Waals surface area contributed by atoms with Crippen LogP contribution in [-0.4, -0.2) is 62.2 Å². The molecule has 1 saturated heterocycles. The number of imide groups is 1. The van der Waals surface area contributed by atoms with Crippen molar-refractivity contribution in [3.05, 3.63) is 42.5 Å². The first-order valence-corrected chi connectivity index (χ1v) is 10.3. The number of anilines is 2. The van der Waals surface area contributed by atoms with Crippen LogP contribution in [0.3, 0.4) is 0 Å². The molecule has 2 aromatic rings. The average molecular weight is 453 g/mol. The van der Waals surface area contributed by atoms with Crippen LogP contribution in [0.2, 0.25) is 0 Å². The Morgan fingerprint density at radius 3 is 2.42 bits per heavy atom. The van der Waals surface area contributed by atoms with Crippen LogP contribution in [-0.2, 0) is 14.4 Å². The van der Waals surface area contributed by atoms with Crippen molar-refractivity contribution in [2.24, 2.45) is 10.3 Å². The Balaban J connectivity index is 1.45. The second-order valence-corrected chi connectivity index (χ2v) is 7.25. The number of ether oxygens (including phenoxy) is 3. The lowest BCUT2D eigenvalue weighted by molar-refractivity contribution is -0.123. The molecule has 0 bridgehead atoms. The van der Waals surface area contributed by atoms with E-state index >= 15 is 0 Å². The first-order valence-electron chi connectivity index (χ1n) is 10.3. The first-order chi connectivity index (χ1) is 16.0. The fraction of sp³-hybridized carbons (Fsp3) is 0.318. The smallest absolute Gasteiger partial charge is 0.263 e. The van der Waals surface area contributed by atoms with Crippen LogP contribution in [0.5, 0.6) is 17.2 Å². The second-order valence-electron chi connectivity index (χ2n) is 7.25. The summed E-state index contributed by atoms with van der Waals surface area (Å²) in [6.45, 7) is 2.12. The zero-order valence-electron chi connectivity index (χ0n) is 18.3. The molecule has 0 saturated carbocycles. The Hall–Kier alpha value is -4.15. The van der Waals surface area contributed by atoms with Crippen LogP contribution >= 0.6 is 0 Å². The van der Waals surface area contributed by atoms with E-state index < -0.39 is 29.8 Å². The van der Waals surface area contributed by atoms with E-state index in [9.17, 15) is 14.4 Å².